The normalized spacial score (nSPS) is 29.0. The molecular formula is C66H76F3N7O14. The fraction of sp³-hybridized carbons (Fsp3) is 0.470. The second-order valence-electron chi connectivity index (χ2n) is 24.6. The zero-order valence-electron chi connectivity index (χ0n) is 51.7. The van der Waals surface area contributed by atoms with E-state index < -0.39 is 134 Å². The van der Waals surface area contributed by atoms with E-state index in [4.69, 9.17) is 18.9 Å². The number of aromatic hydroxyl groups is 1. The summed E-state index contributed by atoms with van der Waals surface area (Å²) in [5, 5.41) is 47.8. The van der Waals surface area contributed by atoms with Crippen molar-refractivity contribution < 1.29 is 76.5 Å². The minimum atomic E-state index is -2.16. The summed E-state index contributed by atoms with van der Waals surface area (Å²) < 4.78 is 70.4. The molecule has 3 fully saturated rings. The Morgan fingerprint density at radius 1 is 0.822 bits per heavy atom. The number of aliphatic hydroxyl groups is 3. The van der Waals surface area contributed by atoms with Gasteiger partial charge in [-0.1, -0.05) is 52.5 Å². The van der Waals surface area contributed by atoms with E-state index in [0.29, 0.717) is 64.6 Å². The molecule has 1 aliphatic carbocycles. The SMILES string of the molecule is C=C(O)c1cn(-c2ccc(F)cc2F)c2nc(N3CCC(N4CCN(C5CCN(C6=C7NC(=O)/C(C)=C\C=C\[C@H](C)[C@H](O)[C@@H](C)[C@@H](O)[C@@H](C)[C@H](OC(C)=O)[C@H](C)[C@@H](OC)/C=C/O[C@@]8(C)Oc9c(C)c(O)c(c(c9C8=O)C6=O)C7=O)CC5)CC4)C3)c(F)cc2c1=O. The second-order valence-corrected chi connectivity index (χ2v) is 24.6. The second kappa shape index (κ2) is 25.6. The lowest BCUT2D eigenvalue weighted by molar-refractivity contribution is -0.160. The molecule has 24 heteroatoms. The molecule has 5 N–H and O–H groups in total. The molecule has 0 saturated carbocycles. The number of hydrogen-bond acceptors (Lipinski definition) is 19. The number of ketones is 3. The van der Waals surface area contributed by atoms with E-state index in [9.17, 15) is 44.0 Å². The van der Waals surface area contributed by atoms with Crippen LogP contribution in [-0.4, -0.2) is 176 Å². The molecule has 6 aliphatic heterocycles. The van der Waals surface area contributed by atoms with Crippen molar-refractivity contribution in [2.45, 2.75) is 117 Å². The minimum absolute atomic E-state index is 0.0123. The molecule has 90 heavy (non-hydrogen) atoms. The topological polar surface area (TPSA) is 263 Å². The van der Waals surface area contributed by atoms with Crippen LogP contribution in [0.5, 0.6) is 11.5 Å². The first-order valence-electron chi connectivity index (χ1n) is 30.3. The minimum Gasteiger partial charge on any atom is -0.508 e. The molecule has 480 valence electrons. The predicted octanol–water partition coefficient (Wildman–Crippen LogP) is 6.96. The highest BCUT2D eigenvalue weighted by Crippen LogP contribution is 2.49. The summed E-state index contributed by atoms with van der Waals surface area (Å²) >= 11 is 0. The van der Waals surface area contributed by atoms with Crippen molar-refractivity contribution in [2.24, 2.45) is 23.7 Å². The van der Waals surface area contributed by atoms with Gasteiger partial charge in [-0.2, -0.15) is 0 Å². The number of allylic oxidation sites excluding steroid dienone is 4. The Morgan fingerprint density at radius 3 is 2.12 bits per heavy atom. The zero-order chi connectivity index (χ0) is 65.1. The molecule has 21 nitrogen and oxygen atoms in total. The molecule has 0 spiro atoms. The highest BCUT2D eigenvalue weighted by Gasteiger charge is 2.54. The van der Waals surface area contributed by atoms with Crippen LogP contribution in [0.2, 0.25) is 0 Å². The number of esters is 1. The number of pyridine rings is 2. The Kier molecular flexibility index (Phi) is 18.4. The van der Waals surface area contributed by atoms with Gasteiger partial charge in [0.25, 0.3) is 11.7 Å². The third kappa shape index (κ3) is 11.9. The average molecular weight is 1250 g/mol. The van der Waals surface area contributed by atoms with Gasteiger partial charge in [0, 0.05) is 132 Å². The number of carbonyl (C=O) groups excluding carboxylic acids is 5. The molecule has 1 unspecified atom stereocenters. The Morgan fingerprint density at radius 2 is 1.48 bits per heavy atom. The van der Waals surface area contributed by atoms with Crippen molar-refractivity contribution in [3.8, 4) is 17.2 Å². The van der Waals surface area contributed by atoms with E-state index in [-0.39, 0.29) is 81.4 Å². The van der Waals surface area contributed by atoms with Gasteiger partial charge in [0.1, 0.15) is 46.4 Å². The number of ether oxygens (including phenoxy) is 4. The number of amides is 1. The van der Waals surface area contributed by atoms with Gasteiger partial charge in [0.05, 0.1) is 57.9 Å². The largest absolute Gasteiger partial charge is 0.508 e. The number of methoxy groups -OCH3 is 1. The molecule has 1 amide bonds. The van der Waals surface area contributed by atoms with Crippen LogP contribution in [0.15, 0.2) is 89.4 Å². The third-order valence-corrected chi connectivity index (χ3v) is 18.9. The van der Waals surface area contributed by atoms with E-state index in [1.807, 2.05) is 0 Å². The van der Waals surface area contributed by atoms with Gasteiger partial charge in [0.2, 0.25) is 17.0 Å². The van der Waals surface area contributed by atoms with Gasteiger partial charge in [-0.25, -0.2) is 18.2 Å². The third-order valence-electron chi connectivity index (χ3n) is 18.9. The number of piperidine rings is 1. The molecular weight excluding hydrogens is 1170 g/mol. The highest BCUT2D eigenvalue weighted by atomic mass is 19.1. The number of benzene rings is 2. The number of Topliss-reactive ketones (excluding diaryl/α,β-unsaturated/α-hetero) is 3. The molecule has 10 atom stereocenters. The molecule has 8 heterocycles. The maximum absolute atomic E-state index is 16.1. The average Bonchev–Trinajstić information content (AvgIpc) is 1.46. The monoisotopic (exact) mass is 1250 g/mol. The molecule has 2 aromatic heterocycles. The number of hydrogen-bond donors (Lipinski definition) is 5. The van der Waals surface area contributed by atoms with Crippen LogP contribution >= 0.6 is 0 Å². The number of fused-ring (bicyclic) bond motifs is 15. The summed E-state index contributed by atoms with van der Waals surface area (Å²) in [4.78, 5) is 98.4. The maximum atomic E-state index is 16.1. The van der Waals surface area contributed by atoms with Crippen LogP contribution in [0.3, 0.4) is 0 Å². The maximum Gasteiger partial charge on any atom is 0.312 e. The van der Waals surface area contributed by atoms with E-state index in [1.165, 1.54) is 57.8 Å². The molecule has 7 aliphatic rings. The van der Waals surface area contributed by atoms with E-state index in [1.54, 1.807) is 49.6 Å². The summed E-state index contributed by atoms with van der Waals surface area (Å²) in [7, 11) is 1.41. The van der Waals surface area contributed by atoms with E-state index in [0.717, 1.165) is 24.4 Å². The number of piperazine rings is 1. The van der Waals surface area contributed by atoms with Crippen LogP contribution < -0.4 is 20.4 Å². The number of nitrogens with zero attached hydrogens (tertiary/aromatic N) is 6. The number of anilines is 1. The van der Waals surface area contributed by atoms with E-state index >= 15 is 18.4 Å². The molecule has 4 aromatic rings. The number of carbonyl (C=O) groups is 5. The molecule has 11 rings (SSSR count). The smallest absolute Gasteiger partial charge is 0.312 e. The standard InChI is InChI=1S/C66H76F3N7O14/c1-32-12-11-13-33(2)65(86)70-52-53(59(84)49-50(58(52)83)56(81)37(6)61-51(49)62(85)66(9,90-61)88-27-19-48(87-10)34(3)60(89-39(8)78)36(5)55(80)35(4)54(32)79)74-20-16-41(17-21-74)72-23-25-73(26-24-72)42-18-22-75(30-42)64-46(69)29-43-57(82)44(38(7)77)31-76(63(43)71-64)47-15-14-40(67)28-45(47)68/h11-15,19,27-29,31-32,34-36,41-42,48,54-55,60,77,79-81H,7,16-18,20-26,30H2,1-6,8-10H3,(H,70,86)/b12-11+,27-19+,33-13-/t32-,34+,35+,36+,42?,48-,54-,55+,60+,66-/m0/s1. The van der Waals surface area contributed by atoms with Gasteiger partial charge in [0.15, 0.2) is 17.3 Å². The zero-order valence-corrected chi connectivity index (χ0v) is 51.7. The van der Waals surface area contributed by atoms with Crippen molar-refractivity contribution in [3.05, 3.63) is 140 Å². The summed E-state index contributed by atoms with van der Waals surface area (Å²) in [6.45, 7) is 19.7. The number of nitrogens with one attached hydrogen (secondary N) is 1. The van der Waals surface area contributed by atoms with Crippen LogP contribution in [0, 0.1) is 48.0 Å². The number of rotatable bonds is 8. The van der Waals surface area contributed by atoms with Crippen molar-refractivity contribution in [1.82, 2.24) is 29.6 Å². The lowest BCUT2D eigenvalue weighted by atomic mass is 9.78. The van der Waals surface area contributed by atoms with E-state index in [2.05, 4.69) is 26.7 Å². The van der Waals surface area contributed by atoms with Gasteiger partial charge in [-0.3, -0.25) is 43.1 Å². The lowest BCUT2D eigenvalue weighted by Gasteiger charge is -2.45. The van der Waals surface area contributed by atoms with Crippen LogP contribution in [0.25, 0.3) is 22.5 Å². The van der Waals surface area contributed by atoms with Crippen molar-refractivity contribution in [3.63, 3.8) is 0 Å². The molecule has 0 radical (unpaired) electrons. The number of phenols is 1. The number of halogens is 3. The summed E-state index contributed by atoms with van der Waals surface area (Å²) in [5.41, 5.74) is -3.07. The molecule has 3 saturated heterocycles. The predicted molar refractivity (Wildman–Crippen MR) is 325 cm³/mol. The Labute approximate surface area is 518 Å². The summed E-state index contributed by atoms with van der Waals surface area (Å²) in [6, 6.07) is 3.86. The van der Waals surface area contributed by atoms with Crippen LogP contribution in [0.4, 0.5) is 19.0 Å². The van der Waals surface area contributed by atoms with Crippen molar-refractivity contribution in [2.75, 3.05) is 64.4 Å². The fourth-order valence-electron chi connectivity index (χ4n) is 13.6. The van der Waals surface area contributed by atoms with Crippen LogP contribution in [0.1, 0.15) is 110 Å². The lowest BCUT2D eigenvalue weighted by Crippen LogP contribution is -2.56. The van der Waals surface area contributed by atoms with Gasteiger partial charge >= 0.3 is 11.8 Å². The highest BCUT2D eigenvalue weighted by molar-refractivity contribution is 6.32. The summed E-state index contributed by atoms with van der Waals surface area (Å²) in [6.07, 6.45) is 6.03. The first kappa shape index (κ1) is 64.8. The first-order valence-corrected chi connectivity index (χ1v) is 30.3. The number of phenolic OH excluding ortho intramolecular Hbond substituents is 1. The molecule has 2 aromatic carbocycles. The fourth-order valence-corrected chi connectivity index (χ4v) is 13.6. The van der Waals surface area contributed by atoms with Gasteiger partial charge < -0.3 is 54.5 Å². The number of aromatic nitrogens is 2. The Hall–Kier alpha value is -8.16. The first-order chi connectivity index (χ1) is 42.6. The van der Waals surface area contributed by atoms with Crippen molar-refractivity contribution >= 4 is 51.8 Å². The molecule has 5 bridgehead atoms. The van der Waals surface area contributed by atoms with Crippen molar-refractivity contribution in [1.29, 1.82) is 0 Å². The van der Waals surface area contributed by atoms with Gasteiger partial charge in [-0.15, -0.1) is 0 Å². The Bertz CT molecular complexity index is 3790. The Balaban J connectivity index is 0.891. The van der Waals surface area contributed by atoms with Crippen LogP contribution in [-0.2, 0) is 23.8 Å². The number of likely N-dealkylation sites (tertiary alicyclic amines) is 1. The number of aliphatic hydroxyl groups excluding tert-OH is 3. The summed E-state index contributed by atoms with van der Waals surface area (Å²) in [5.74, 6) is -12.9. The van der Waals surface area contributed by atoms with Gasteiger partial charge in [-0.05, 0) is 57.4 Å². The quantitative estimate of drug-likeness (QED) is 0.0881.